The lowest BCUT2D eigenvalue weighted by Crippen LogP contribution is -2.51. The number of hydrogen-bond donors (Lipinski definition) is 1. The molecule has 7 rings (SSSR count). The van der Waals surface area contributed by atoms with Crippen LogP contribution in [0.25, 0.3) is 0 Å². The Morgan fingerprint density at radius 2 is 1.50 bits per heavy atom. The standard InChI is InChI=1S/C36H32N6O5S/c1-47-28-6-8-29(9-7-28)48(45,46)41-22-30-31(23-41)34(30)42-33(18-32(43)27-4-2-26(21-37)3-5-27)40-36(35(42)44,19-24-10-14-38-15-11-24)20-25-12-16-39-17-13-25/h2-18,30-31,34,40H,19-20,22-23H2,1H3. The Bertz CT molecular complexity index is 1980. The fourth-order valence-electron chi connectivity index (χ4n) is 6.95. The summed E-state index contributed by atoms with van der Waals surface area (Å²) in [5.74, 6) is 0.234. The molecule has 2 aromatic carbocycles. The molecule has 1 aliphatic carbocycles. The lowest BCUT2D eigenvalue weighted by Gasteiger charge is -2.28. The predicted octanol–water partition coefficient (Wildman–Crippen LogP) is 3.36. The van der Waals surface area contributed by atoms with Crippen LogP contribution in [0.15, 0.2) is 114 Å². The lowest BCUT2D eigenvalue weighted by molar-refractivity contribution is -0.132. The SMILES string of the molecule is COc1ccc(S(=O)(=O)N2CC3C(C2)C3N2C(=O)C(Cc3ccncc3)(Cc3ccncc3)NC2=CC(=O)c2ccc(C#N)cc2)cc1. The highest BCUT2D eigenvalue weighted by atomic mass is 32.2. The first-order valence-electron chi connectivity index (χ1n) is 15.5. The Morgan fingerprint density at radius 3 is 2.02 bits per heavy atom. The molecule has 0 bridgehead atoms. The van der Waals surface area contributed by atoms with E-state index in [2.05, 4.69) is 21.4 Å². The number of fused-ring (bicyclic) bond motifs is 1. The van der Waals surface area contributed by atoms with Crippen molar-refractivity contribution in [2.24, 2.45) is 11.8 Å². The molecule has 11 nitrogen and oxygen atoms in total. The Hall–Kier alpha value is -5.38. The van der Waals surface area contributed by atoms with Crippen molar-refractivity contribution in [2.75, 3.05) is 20.2 Å². The minimum absolute atomic E-state index is 0.102. The number of aromatic nitrogens is 2. The summed E-state index contributed by atoms with van der Waals surface area (Å²) in [6.07, 6.45) is 8.83. The highest BCUT2D eigenvalue weighted by Gasteiger charge is 2.65. The topological polar surface area (TPSA) is 146 Å². The molecule has 2 aromatic heterocycles. The van der Waals surface area contributed by atoms with Crippen LogP contribution >= 0.6 is 0 Å². The quantitative estimate of drug-likeness (QED) is 0.200. The maximum atomic E-state index is 14.8. The number of carbonyl (C=O) groups is 2. The largest absolute Gasteiger partial charge is 0.497 e. The molecular formula is C36H32N6O5S. The van der Waals surface area contributed by atoms with Gasteiger partial charge in [0.15, 0.2) is 5.78 Å². The van der Waals surface area contributed by atoms with E-state index in [0.717, 1.165) is 11.1 Å². The molecule has 2 unspecified atom stereocenters. The zero-order chi connectivity index (χ0) is 33.5. The number of nitriles is 1. The van der Waals surface area contributed by atoms with Gasteiger partial charge in [-0.2, -0.15) is 9.57 Å². The molecule has 2 saturated heterocycles. The van der Waals surface area contributed by atoms with Gasteiger partial charge in [-0.05, 0) is 83.9 Å². The van der Waals surface area contributed by atoms with Crippen molar-refractivity contribution in [3.8, 4) is 11.8 Å². The maximum absolute atomic E-state index is 14.8. The van der Waals surface area contributed by atoms with E-state index in [4.69, 9.17) is 4.74 Å². The number of ketones is 1. The molecule has 1 saturated carbocycles. The normalized spacial score (nSPS) is 22.2. The summed E-state index contributed by atoms with van der Waals surface area (Å²) in [7, 11) is -2.23. The van der Waals surface area contributed by atoms with E-state index >= 15 is 0 Å². The van der Waals surface area contributed by atoms with Crippen LogP contribution in [0.5, 0.6) is 5.75 Å². The van der Waals surface area contributed by atoms with Crippen molar-refractivity contribution in [3.05, 3.63) is 132 Å². The van der Waals surface area contributed by atoms with Gasteiger partial charge in [-0.1, -0.05) is 0 Å². The van der Waals surface area contributed by atoms with Crippen LogP contribution < -0.4 is 10.1 Å². The van der Waals surface area contributed by atoms with Crippen LogP contribution in [0.1, 0.15) is 27.0 Å². The number of benzene rings is 2. The molecule has 242 valence electrons. The average molecular weight is 661 g/mol. The molecule has 1 amide bonds. The van der Waals surface area contributed by atoms with Gasteiger partial charge in [0.2, 0.25) is 10.0 Å². The van der Waals surface area contributed by atoms with Crippen LogP contribution in [0.3, 0.4) is 0 Å². The average Bonchev–Trinajstić information content (AvgIpc) is 3.44. The van der Waals surface area contributed by atoms with Crippen LogP contribution in [0.4, 0.5) is 0 Å². The van der Waals surface area contributed by atoms with Crippen molar-refractivity contribution >= 4 is 21.7 Å². The van der Waals surface area contributed by atoms with Gasteiger partial charge < -0.3 is 10.1 Å². The number of nitrogens with one attached hydrogen (secondary N) is 1. The summed E-state index contributed by atoms with van der Waals surface area (Å²) >= 11 is 0. The lowest BCUT2D eigenvalue weighted by atomic mass is 9.85. The molecule has 3 fully saturated rings. The summed E-state index contributed by atoms with van der Waals surface area (Å²) in [5, 5.41) is 12.7. The molecule has 0 spiro atoms. The van der Waals surface area contributed by atoms with Crippen LogP contribution in [0.2, 0.25) is 0 Å². The smallest absolute Gasteiger partial charge is 0.254 e. The van der Waals surface area contributed by atoms with Gasteiger partial charge in [0.25, 0.3) is 5.91 Å². The number of pyridine rings is 2. The number of piperidine rings is 1. The Labute approximate surface area is 278 Å². The molecule has 2 atom stereocenters. The van der Waals surface area contributed by atoms with E-state index in [1.54, 1.807) is 66.1 Å². The van der Waals surface area contributed by atoms with E-state index < -0.39 is 15.6 Å². The molecule has 12 heteroatoms. The summed E-state index contributed by atoms with van der Waals surface area (Å²) in [4.78, 5) is 38.6. The van der Waals surface area contributed by atoms with Crippen LogP contribution in [-0.2, 0) is 27.7 Å². The van der Waals surface area contributed by atoms with Gasteiger partial charge in [-0.3, -0.25) is 24.5 Å². The van der Waals surface area contributed by atoms with Gasteiger partial charge in [0.1, 0.15) is 17.1 Å². The van der Waals surface area contributed by atoms with E-state index in [1.807, 2.05) is 24.3 Å². The van der Waals surface area contributed by atoms with Gasteiger partial charge in [0.05, 0.1) is 23.6 Å². The van der Waals surface area contributed by atoms with Crippen molar-refractivity contribution < 1.29 is 22.7 Å². The third-order valence-corrected chi connectivity index (χ3v) is 11.3. The second kappa shape index (κ2) is 12.3. The second-order valence-electron chi connectivity index (χ2n) is 12.3. The Morgan fingerprint density at radius 1 is 0.938 bits per heavy atom. The molecule has 1 N–H and O–H groups in total. The molecule has 2 aliphatic heterocycles. The summed E-state index contributed by atoms with van der Waals surface area (Å²) in [6, 6.07) is 21.9. The maximum Gasteiger partial charge on any atom is 0.254 e. The molecule has 0 radical (unpaired) electrons. The number of methoxy groups -OCH3 is 1. The number of allylic oxidation sites excluding steroid dienone is 1. The number of ether oxygens (including phenoxy) is 1. The molecule has 4 heterocycles. The predicted molar refractivity (Wildman–Crippen MR) is 175 cm³/mol. The van der Waals surface area contributed by atoms with Gasteiger partial charge in [-0.15, -0.1) is 0 Å². The fourth-order valence-corrected chi connectivity index (χ4v) is 8.46. The van der Waals surface area contributed by atoms with Crippen molar-refractivity contribution in [2.45, 2.75) is 29.3 Å². The number of amides is 1. The Kier molecular flexibility index (Phi) is 8.02. The van der Waals surface area contributed by atoms with Crippen molar-refractivity contribution in [1.82, 2.24) is 24.5 Å². The van der Waals surface area contributed by atoms with Gasteiger partial charge in [-0.25, -0.2) is 8.42 Å². The van der Waals surface area contributed by atoms with Crippen LogP contribution in [-0.4, -0.2) is 71.1 Å². The number of carbonyl (C=O) groups excluding carboxylic acids is 2. The third-order valence-electron chi connectivity index (χ3n) is 9.44. The fraction of sp³-hybridized carbons (Fsp3) is 0.250. The molecular weight excluding hydrogens is 629 g/mol. The number of hydrogen-bond acceptors (Lipinski definition) is 9. The van der Waals surface area contributed by atoms with E-state index in [-0.39, 0.29) is 47.6 Å². The van der Waals surface area contributed by atoms with E-state index in [9.17, 15) is 23.3 Å². The number of rotatable bonds is 10. The first-order valence-corrected chi connectivity index (χ1v) is 17.0. The number of sulfonamides is 1. The van der Waals surface area contributed by atoms with Crippen molar-refractivity contribution in [3.63, 3.8) is 0 Å². The van der Waals surface area contributed by atoms with Gasteiger partial charge in [0, 0.05) is 80.2 Å². The van der Waals surface area contributed by atoms with E-state index in [1.165, 1.54) is 29.6 Å². The summed E-state index contributed by atoms with van der Waals surface area (Å²) < 4.78 is 33.7. The zero-order valence-corrected chi connectivity index (χ0v) is 26.9. The minimum atomic E-state index is -3.75. The Balaban J connectivity index is 1.22. The van der Waals surface area contributed by atoms with Gasteiger partial charge >= 0.3 is 0 Å². The number of nitrogens with zero attached hydrogens (tertiary/aromatic N) is 5. The first-order chi connectivity index (χ1) is 23.2. The second-order valence-corrected chi connectivity index (χ2v) is 14.3. The summed E-state index contributed by atoms with van der Waals surface area (Å²) in [6.45, 7) is 0.512. The van der Waals surface area contributed by atoms with Crippen molar-refractivity contribution in [1.29, 1.82) is 5.26 Å². The highest BCUT2D eigenvalue weighted by molar-refractivity contribution is 7.89. The highest BCUT2D eigenvalue weighted by Crippen LogP contribution is 2.53. The minimum Gasteiger partial charge on any atom is -0.497 e. The monoisotopic (exact) mass is 660 g/mol. The van der Waals surface area contributed by atoms with E-state index in [0.29, 0.717) is 35.5 Å². The summed E-state index contributed by atoms with van der Waals surface area (Å²) in [5.41, 5.74) is 1.47. The first kappa shape index (κ1) is 31.2. The molecule has 4 aromatic rings. The molecule has 48 heavy (non-hydrogen) atoms. The van der Waals surface area contributed by atoms with Crippen LogP contribution in [0, 0.1) is 23.2 Å². The molecule has 3 aliphatic rings. The zero-order valence-electron chi connectivity index (χ0n) is 26.1. The third kappa shape index (κ3) is 5.72.